The summed E-state index contributed by atoms with van der Waals surface area (Å²) in [5.41, 5.74) is 2.03. The second-order valence-electron chi connectivity index (χ2n) is 10.9. The third kappa shape index (κ3) is 37.1. The van der Waals surface area contributed by atoms with E-state index in [1.165, 1.54) is 11.6 Å². The van der Waals surface area contributed by atoms with Crippen LogP contribution in [0.25, 0.3) is 6.08 Å². The van der Waals surface area contributed by atoms with Gasteiger partial charge in [-0.1, -0.05) is 96.5 Å². The third-order valence-corrected chi connectivity index (χ3v) is 8.53. The van der Waals surface area contributed by atoms with Gasteiger partial charge in [0, 0.05) is 63.7 Å². The van der Waals surface area contributed by atoms with E-state index >= 15 is 0 Å². The zero-order valence-electron chi connectivity index (χ0n) is 32.7. The number of ether oxygens (including phenoxy) is 4. The fraction of sp³-hybridized carbons (Fsp3) is 0.487. The molecule has 0 aliphatic rings. The summed E-state index contributed by atoms with van der Waals surface area (Å²) in [5.74, 6) is -1.05. The summed E-state index contributed by atoms with van der Waals surface area (Å²) < 4.78 is 34.6. The lowest BCUT2D eigenvalue weighted by molar-refractivity contribution is -0.140. The van der Waals surface area contributed by atoms with Gasteiger partial charge >= 0.3 is 32.7 Å². The molecular weight excluding hydrogens is 689 g/mol. The van der Waals surface area contributed by atoms with Crippen molar-refractivity contribution in [3.8, 4) is 0 Å². The van der Waals surface area contributed by atoms with Crippen molar-refractivity contribution in [1.29, 1.82) is 0 Å². The van der Waals surface area contributed by atoms with Crippen molar-refractivity contribution in [3.05, 3.63) is 92.1 Å². The Morgan fingerprint density at radius 3 is 1.52 bits per heavy atom. The number of carbonyl (C=O) groups excluding carboxylic acids is 4. The highest BCUT2D eigenvalue weighted by Crippen LogP contribution is 2.15. The zero-order chi connectivity index (χ0) is 40.8. The summed E-state index contributed by atoms with van der Waals surface area (Å²) in [6.45, 7) is 27.9. The summed E-state index contributed by atoms with van der Waals surface area (Å²) in [6.07, 6.45) is 7.21. The van der Waals surface area contributed by atoms with Gasteiger partial charge in [-0.3, -0.25) is 0 Å². The van der Waals surface area contributed by atoms with Crippen molar-refractivity contribution in [1.82, 2.24) is 0 Å². The molecule has 0 atom stereocenters. The number of benzene rings is 1. The molecule has 0 spiro atoms. The number of carbonyl (C=O) groups is 4. The van der Waals surface area contributed by atoms with Crippen LogP contribution in [0.3, 0.4) is 0 Å². The van der Waals surface area contributed by atoms with Crippen LogP contribution in [-0.4, -0.2) is 92.2 Å². The van der Waals surface area contributed by atoms with Gasteiger partial charge in [0.15, 0.2) is 0 Å². The predicted octanol–water partition coefficient (Wildman–Crippen LogP) is 7.08. The Bertz CT molecular complexity index is 1110. The van der Waals surface area contributed by atoms with Gasteiger partial charge in [-0.25, -0.2) is 19.2 Å². The Kier molecular flexibility index (Phi) is 40.0. The Labute approximate surface area is 313 Å². The SMILES string of the molecule is C=C(C)C(=O)OCC(C)C.C=C(C)C(=O)OCCC[Si](OC)(OC)OC.C=CC(=O)OCCCC.C=CC(=O)OCCCO.C=Cc1ccccc1. The van der Waals surface area contributed by atoms with Gasteiger partial charge in [-0.05, 0) is 38.2 Å². The van der Waals surface area contributed by atoms with Crippen molar-refractivity contribution in [3.63, 3.8) is 0 Å². The first-order valence-corrected chi connectivity index (χ1v) is 18.7. The molecule has 0 saturated carbocycles. The normalized spacial score (nSPS) is 9.58. The molecule has 0 aromatic heterocycles. The first-order chi connectivity index (χ1) is 24.6. The molecule has 0 heterocycles. The van der Waals surface area contributed by atoms with Gasteiger partial charge in [0.1, 0.15) is 0 Å². The largest absolute Gasteiger partial charge is 0.500 e. The number of aliphatic hydroxyl groups is 1. The molecule has 52 heavy (non-hydrogen) atoms. The minimum atomic E-state index is -2.53. The van der Waals surface area contributed by atoms with Crippen molar-refractivity contribution in [2.24, 2.45) is 5.92 Å². The van der Waals surface area contributed by atoms with Crippen LogP contribution in [0.1, 0.15) is 65.9 Å². The molecule has 13 heteroatoms. The Hall–Kier alpha value is -4.14. The highest BCUT2D eigenvalue weighted by Gasteiger charge is 2.37. The maximum atomic E-state index is 11.1. The summed E-state index contributed by atoms with van der Waals surface area (Å²) in [6, 6.07) is 10.6. The molecule has 1 N–H and O–H groups in total. The van der Waals surface area contributed by atoms with Crippen LogP contribution < -0.4 is 0 Å². The second kappa shape index (κ2) is 38.1. The van der Waals surface area contributed by atoms with Crippen LogP contribution in [0.5, 0.6) is 0 Å². The molecule has 0 bridgehead atoms. The van der Waals surface area contributed by atoms with Crippen LogP contribution in [0, 0.1) is 5.92 Å². The number of hydrogen-bond donors (Lipinski definition) is 1. The Morgan fingerprint density at radius 1 is 0.731 bits per heavy atom. The number of hydrogen-bond acceptors (Lipinski definition) is 12. The van der Waals surface area contributed by atoms with E-state index in [2.05, 4.69) is 42.4 Å². The van der Waals surface area contributed by atoms with Crippen LogP contribution in [0.4, 0.5) is 0 Å². The maximum absolute atomic E-state index is 11.1. The van der Waals surface area contributed by atoms with Gasteiger partial charge < -0.3 is 37.3 Å². The highest BCUT2D eigenvalue weighted by atomic mass is 28.4. The van der Waals surface area contributed by atoms with Crippen LogP contribution in [-0.2, 0) is 51.4 Å². The fourth-order valence-corrected chi connectivity index (χ4v) is 4.45. The smallest absolute Gasteiger partial charge is 0.463 e. The van der Waals surface area contributed by atoms with E-state index in [1.807, 2.05) is 57.2 Å². The lowest BCUT2D eigenvalue weighted by Crippen LogP contribution is -2.42. The van der Waals surface area contributed by atoms with Gasteiger partial charge in [0.05, 0.1) is 26.4 Å². The van der Waals surface area contributed by atoms with Crippen molar-refractivity contribution in [2.75, 3.05) is 54.4 Å². The van der Waals surface area contributed by atoms with Crippen LogP contribution in [0.2, 0.25) is 6.04 Å². The average molecular weight is 753 g/mol. The standard InChI is InChI=1S/C10H20O5Si.C8H14O2.C8H8.C7H12O2.C6H10O3/c1-9(2)10(11)15-7-6-8-16(12-3,13-4)14-5;1-6(2)5-10-8(9)7(3)4;1-2-8-6-4-3-5-7-8;1-3-5-6-9-7(8)4-2;1-2-6(8)9-5-3-4-7/h1,6-8H2,2-5H3;6H,3,5H2,1-2,4H3;2-7H,1H2;4H,2-3,5-6H2,1H3;2,7H,1,3-5H2. The second-order valence-corrected chi connectivity index (χ2v) is 14.0. The van der Waals surface area contributed by atoms with E-state index in [0.29, 0.717) is 55.8 Å². The monoisotopic (exact) mass is 752 g/mol. The quantitative estimate of drug-likeness (QED) is 0.0476. The average Bonchev–Trinajstić information content (AvgIpc) is 3.15. The first-order valence-electron chi connectivity index (χ1n) is 16.8. The highest BCUT2D eigenvalue weighted by molar-refractivity contribution is 6.60. The molecule has 1 aromatic rings. The van der Waals surface area contributed by atoms with Crippen molar-refractivity contribution < 1.29 is 56.5 Å². The van der Waals surface area contributed by atoms with Crippen molar-refractivity contribution >= 4 is 38.8 Å². The molecule has 0 amide bonds. The number of aliphatic hydroxyl groups excluding tert-OH is 1. The summed E-state index contributed by atoms with van der Waals surface area (Å²) in [4.78, 5) is 42.4. The van der Waals surface area contributed by atoms with Crippen molar-refractivity contribution in [2.45, 2.75) is 66.3 Å². The molecule has 0 fully saturated rings. The third-order valence-electron chi connectivity index (χ3n) is 5.70. The summed E-state index contributed by atoms with van der Waals surface area (Å²) in [7, 11) is 2.13. The molecule has 0 saturated heterocycles. The zero-order valence-corrected chi connectivity index (χ0v) is 33.7. The molecule has 1 rings (SSSR count). The molecule has 12 nitrogen and oxygen atoms in total. The minimum absolute atomic E-state index is 0.0461. The predicted molar refractivity (Wildman–Crippen MR) is 208 cm³/mol. The summed E-state index contributed by atoms with van der Waals surface area (Å²) >= 11 is 0. The van der Waals surface area contributed by atoms with E-state index < -0.39 is 14.8 Å². The maximum Gasteiger partial charge on any atom is 0.500 e. The van der Waals surface area contributed by atoms with Gasteiger partial charge in [-0.15, -0.1) is 0 Å². The topological polar surface area (TPSA) is 153 Å². The van der Waals surface area contributed by atoms with Gasteiger partial charge in [0.25, 0.3) is 0 Å². The van der Waals surface area contributed by atoms with E-state index in [9.17, 15) is 19.2 Å². The molecule has 0 radical (unpaired) electrons. The molecule has 296 valence electrons. The Morgan fingerprint density at radius 2 is 1.17 bits per heavy atom. The number of esters is 4. The van der Waals surface area contributed by atoms with E-state index in [4.69, 9.17) is 27.9 Å². The molecule has 0 aliphatic heterocycles. The number of rotatable bonds is 20. The molecule has 0 aliphatic carbocycles. The van der Waals surface area contributed by atoms with E-state index in [-0.39, 0.29) is 31.1 Å². The summed E-state index contributed by atoms with van der Waals surface area (Å²) in [5, 5.41) is 8.23. The first kappa shape index (κ1) is 54.6. The van der Waals surface area contributed by atoms with Crippen LogP contribution in [0.15, 0.2) is 86.5 Å². The van der Waals surface area contributed by atoms with Gasteiger partial charge in [-0.2, -0.15) is 0 Å². The Balaban J connectivity index is -0.000000284. The van der Waals surface area contributed by atoms with Crippen LogP contribution >= 0.6 is 0 Å². The minimum Gasteiger partial charge on any atom is -0.463 e. The lowest BCUT2D eigenvalue weighted by atomic mass is 10.2. The molecule has 1 aromatic carbocycles. The molecular formula is C39H64O12Si. The van der Waals surface area contributed by atoms with Gasteiger partial charge in [0.2, 0.25) is 0 Å². The van der Waals surface area contributed by atoms with E-state index in [1.54, 1.807) is 35.2 Å². The molecule has 0 unspecified atom stereocenters. The number of unbranched alkanes of at least 4 members (excludes halogenated alkanes) is 1. The van der Waals surface area contributed by atoms with E-state index in [0.717, 1.165) is 18.9 Å². The fourth-order valence-electron chi connectivity index (χ4n) is 2.76. The lowest BCUT2D eigenvalue weighted by Gasteiger charge is -2.24.